The topological polar surface area (TPSA) is 84.0 Å². The van der Waals surface area contributed by atoms with Crippen molar-refractivity contribution >= 4 is 39.1 Å². The molecule has 0 saturated carbocycles. The number of rotatable bonds is 6. The van der Waals surface area contributed by atoms with Crippen molar-refractivity contribution in [3.05, 3.63) is 52.9 Å². The molecule has 0 aliphatic carbocycles. The maximum absolute atomic E-state index is 12.9. The van der Waals surface area contributed by atoms with Crippen LogP contribution >= 0.6 is 11.3 Å². The Labute approximate surface area is 204 Å². The first-order valence-corrected chi connectivity index (χ1v) is 14.2. The van der Waals surface area contributed by atoms with Gasteiger partial charge in [-0.25, -0.2) is 8.42 Å². The first kappa shape index (κ1) is 24.5. The average molecular weight is 503 g/mol. The zero-order valence-electron chi connectivity index (χ0n) is 19.5. The van der Waals surface area contributed by atoms with Crippen LogP contribution in [-0.2, 0) is 14.6 Å². The van der Waals surface area contributed by atoms with Gasteiger partial charge in [0.1, 0.15) is 9.96 Å². The van der Waals surface area contributed by atoms with Gasteiger partial charge in [-0.15, -0.1) is 11.3 Å². The van der Waals surface area contributed by atoms with Crippen molar-refractivity contribution in [1.82, 2.24) is 9.80 Å². The van der Waals surface area contributed by atoms with Crippen LogP contribution in [0.4, 0.5) is 0 Å². The van der Waals surface area contributed by atoms with E-state index in [1.807, 2.05) is 41.0 Å². The zero-order valence-corrected chi connectivity index (χ0v) is 21.2. The van der Waals surface area contributed by atoms with Crippen LogP contribution in [0.3, 0.4) is 0 Å². The van der Waals surface area contributed by atoms with Gasteiger partial charge >= 0.3 is 0 Å². The number of hydrogen-bond acceptors (Lipinski definition) is 6. The minimum absolute atomic E-state index is 0.0148. The maximum atomic E-state index is 12.9. The lowest BCUT2D eigenvalue weighted by Crippen LogP contribution is -2.44. The van der Waals surface area contributed by atoms with E-state index in [1.165, 1.54) is 6.07 Å². The van der Waals surface area contributed by atoms with Gasteiger partial charge in [0.25, 0.3) is 5.91 Å². The summed E-state index contributed by atoms with van der Waals surface area (Å²) in [5.41, 5.74) is 0.901. The Hall–Kier alpha value is -2.65. The van der Waals surface area contributed by atoms with E-state index in [9.17, 15) is 18.0 Å². The number of sulfone groups is 1. The van der Waals surface area contributed by atoms with Crippen LogP contribution in [0.15, 0.2) is 46.7 Å². The Morgan fingerprint density at radius 1 is 1.06 bits per heavy atom. The molecule has 3 heterocycles. The summed E-state index contributed by atoms with van der Waals surface area (Å²) in [6, 6.07) is 10.8. The average Bonchev–Trinajstić information content (AvgIpc) is 3.47. The number of nitrogens with zero attached hydrogens (tertiary/aromatic N) is 2. The second-order valence-corrected chi connectivity index (χ2v) is 12.3. The van der Waals surface area contributed by atoms with Gasteiger partial charge in [0, 0.05) is 44.1 Å². The molecule has 1 spiro atoms. The van der Waals surface area contributed by atoms with Gasteiger partial charge in [0.05, 0.1) is 11.5 Å². The van der Waals surface area contributed by atoms with E-state index in [0.717, 1.165) is 48.2 Å². The van der Waals surface area contributed by atoms with Crippen molar-refractivity contribution < 1.29 is 22.7 Å². The van der Waals surface area contributed by atoms with Gasteiger partial charge in [-0.3, -0.25) is 9.59 Å². The number of carbonyl (C=O) groups is 2. The molecule has 2 aliphatic heterocycles. The van der Waals surface area contributed by atoms with Crippen LogP contribution in [0, 0.1) is 5.41 Å². The summed E-state index contributed by atoms with van der Waals surface area (Å²) in [7, 11) is -3.31. The van der Waals surface area contributed by atoms with E-state index in [4.69, 9.17) is 4.74 Å². The van der Waals surface area contributed by atoms with E-state index in [-0.39, 0.29) is 21.4 Å². The van der Waals surface area contributed by atoms with Crippen LogP contribution in [0.1, 0.15) is 41.4 Å². The van der Waals surface area contributed by atoms with Gasteiger partial charge in [-0.05, 0) is 55.9 Å². The van der Waals surface area contributed by atoms with Crippen LogP contribution in [0.25, 0.3) is 6.08 Å². The SMILES string of the molecule is CCOc1ccccc1/C=C/C(=O)N1CCC2(CC1)CCN(C(=O)c1ccc(S(C)(=O)=O)s1)C2. The fourth-order valence-electron chi connectivity index (χ4n) is 4.68. The van der Waals surface area contributed by atoms with E-state index in [1.54, 1.807) is 18.2 Å². The molecule has 182 valence electrons. The molecule has 0 N–H and O–H groups in total. The second kappa shape index (κ2) is 9.92. The monoisotopic (exact) mass is 502 g/mol. The van der Waals surface area contributed by atoms with Gasteiger partial charge in [-0.1, -0.05) is 18.2 Å². The number of hydrogen-bond donors (Lipinski definition) is 0. The van der Waals surface area contributed by atoms with E-state index < -0.39 is 9.84 Å². The summed E-state index contributed by atoms with van der Waals surface area (Å²) >= 11 is 1.03. The van der Waals surface area contributed by atoms with Gasteiger partial charge in [-0.2, -0.15) is 0 Å². The Morgan fingerprint density at radius 3 is 2.38 bits per heavy atom. The molecule has 1 aromatic heterocycles. The normalized spacial score (nSPS) is 18.1. The molecule has 0 bridgehead atoms. The number of carbonyl (C=O) groups excluding carboxylic acids is 2. The van der Waals surface area contributed by atoms with Crippen molar-refractivity contribution in [2.75, 3.05) is 39.0 Å². The third-order valence-corrected chi connectivity index (χ3v) is 9.54. The molecule has 2 fully saturated rings. The first-order valence-electron chi connectivity index (χ1n) is 11.5. The second-order valence-electron chi connectivity index (χ2n) is 9.00. The number of likely N-dealkylation sites (tertiary alicyclic amines) is 2. The van der Waals surface area contributed by atoms with Gasteiger partial charge in [0.2, 0.25) is 5.91 Å². The molecule has 34 heavy (non-hydrogen) atoms. The minimum atomic E-state index is -3.31. The third kappa shape index (κ3) is 5.36. The first-order chi connectivity index (χ1) is 16.2. The maximum Gasteiger partial charge on any atom is 0.263 e. The summed E-state index contributed by atoms with van der Waals surface area (Å²) in [5.74, 6) is 0.641. The van der Waals surface area contributed by atoms with Crippen LogP contribution in [-0.4, -0.2) is 69.1 Å². The molecule has 0 unspecified atom stereocenters. The minimum Gasteiger partial charge on any atom is -0.493 e. The molecule has 7 nitrogen and oxygen atoms in total. The molecule has 1 aromatic carbocycles. The lowest BCUT2D eigenvalue weighted by Gasteiger charge is -2.38. The number of ether oxygens (including phenoxy) is 1. The fraction of sp³-hybridized carbons (Fsp3) is 0.440. The van der Waals surface area contributed by atoms with Crippen molar-refractivity contribution in [2.24, 2.45) is 5.41 Å². The Morgan fingerprint density at radius 2 is 1.74 bits per heavy atom. The number of amides is 2. The number of benzene rings is 1. The zero-order chi connectivity index (χ0) is 24.3. The standard InChI is InChI=1S/C25H30N2O5S2/c1-3-32-20-7-5-4-6-19(20)8-10-22(28)26-15-12-25(13-16-26)14-17-27(18-25)24(29)21-9-11-23(33-21)34(2,30)31/h4-11H,3,12-18H2,1-2H3/b10-8+. The van der Waals surface area contributed by atoms with E-state index in [0.29, 0.717) is 37.7 Å². The number of piperidine rings is 1. The molecule has 2 saturated heterocycles. The van der Waals surface area contributed by atoms with E-state index in [2.05, 4.69) is 0 Å². The fourth-order valence-corrected chi connectivity index (χ4v) is 6.58. The molecular formula is C25H30N2O5S2. The molecule has 0 atom stereocenters. The van der Waals surface area contributed by atoms with E-state index >= 15 is 0 Å². The lowest BCUT2D eigenvalue weighted by atomic mass is 9.78. The molecule has 2 aliphatic rings. The third-order valence-electron chi connectivity index (χ3n) is 6.64. The quantitative estimate of drug-likeness (QED) is 0.562. The molecule has 2 amide bonds. The lowest BCUT2D eigenvalue weighted by molar-refractivity contribution is -0.128. The number of thiophene rings is 1. The van der Waals surface area contributed by atoms with Crippen LogP contribution in [0.2, 0.25) is 0 Å². The van der Waals surface area contributed by atoms with Crippen molar-refractivity contribution in [3.63, 3.8) is 0 Å². The summed E-state index contributed by atoms with van der Waals surface area (Å²) in [4.78, 5) is 29.9. The predicted octanol–water partition coefficient (Wildman–Crippen LogP) is 3.72. The highest BCUT2D eigenvalue weighted by atomic mass is 32.2. The number of para-hydroxylation sites is 1. The Balaban J connectivity index is 1.33. The predicted molar refractivity (Wildman–Crippen MR) is 133 cm³/mol. The van der Waals surface area contributed by atoms with Gasteiger partial charge in [0.15, 0.2) is 9.84 Å². The van der Waals surface area contributed by atoms with Crippen molar-refractivity contribution in [1.29, 1.82) is 0 Å². The van der Waals surface area contributed by atoms with Crippen LogP contribution in [0.5, 0.6) is 5.75 Å². The van der Waals surface area contributed by atoms with Gasteiger partial charge < -0.3 is 14.5 Å². The molecular weight excluding hydrogens is 472 g/mol. The summed E-state index contributed by atoms with van der Waals surface area (Å²) in [5, 5.41) is 0. The smallest absolute Gasteiger partial charge is 0.263 e. The van der Waals surface area contributed by atoms with Crippen molar-refractivity contribution in [2.45, 2.75) is 30.4 Å². The highest BCUT2D eigenvalue weighted by molar-refractivity contribution is 7.92. The molecule has 2 aromatic rings. The Kier molecular flexibility index (Phi) is 7.14. The molecule has 4 rings (SSSR count). The summed E-state index contributed by atoms with van der Waals surface area (Å²) < 4.78 is 29.3. The van der Waals surface area contributed by atoms with Crippen molar-refractivity contribution in [3.8, 4) is 5.75 Å². The van der Waals surface area contributed by atoms with Crippen LogP contribution < -0.4 is 4.74 Å². The highest BCUT2D eigenvalue weighted by Crippen LogP contribution is 2.41. The molecule has 9 heteroatoms. The largest absolute Gasteiger partial charge is 0.493 e. The highest BCUT2D eigenvalue weighted by Gasteiger charge is 2.43. The Bertz CT molecular complexity index is 1190. The molecule has 0 radical (unpaired) electrons. The summed E-state index contributed by atoms with van der Waals surface area (Å²) in [6.45, 7) is 5.13. The summed E-state index contributed by atoms with van der Waals surface area (Å²) in [6.07, 6.45) is 7.17.